The smallest absolute Gasteiger partial charge is 0.305 e. The van der Waals surface area contributed by atoms with Gasteiger partial charge in [0.1, 0.15) is 6.10 Å². The first-order valence-electron chi connectivity index (χ1n) is 13.1. The summed E-state index contributed by atoms with van der Waals surface area (Å²) < 4.78 is 26.2. The molecule has 6 nitrogen and oxygen atoms in total. The third kappa shape index (κ3) is 11.9. The van der Waals surface area contributed by atoms with Gasteiger partial charge in [-0.05, 0) is 41.5 Å². The Morgan fingerprint density at radius 3 is 2.09 bits per heavy atom. The molecule has 0 aromatic rings. The molecule has 0 radical (unpaired) electrons. The summed E-state index contributed by atoms with van der Waals surface area (Å²) in [5.74, 6) is 0.0315. The van der Waals surface area contributed by atoms with Gasteiger partial charge in [-0.25, -0.2) is 0 Å². The minimum absolute atomic E-state index is 0.0246. The number of hydrogen-bond donors (Lipinski definition) is 1. The molecule has 0 aliphatic rings. The Bertz CT molecular complexity index is 625. The van der Waals surface area contributed by atoms with Crippen LogP contribution in [0.15, 0.2) is 10.2 Å². The Hall–Kier alpha value is -0.00312. The molecule has 0 heterocycles. The number of nitrogens with two attached hydrogens (primary N) is 1. The quantitative estimate of drug-likeness (QED) is 0.108. The van der Waals surface area contributed by atoms with E-state index in [1.807, 2.05) is 11.0 Å². The van der Waals surface area contributed by atoms with Crippen LogP contribution in [-0.4, -0.2) is 59.0 Å². The predicted molar refractivity (Wildman–Crippen MR) is 157 cm³/mol. The lowest BCUT2D eigenvalue weighted by molar-refractivity contribution is -0.155. The van der Waals surface area contributed by atoms with E-state index in [0.29, 0.717) is 19.3 Å². The van der Waals surface area contributed by atoms with Gasteiger partial charge in [0.05, 0.1) is 12.2 Å². The molecule has 0 amide bonds. The molecule has 208 valence electrons. The van der Waals surface area contributed by atoms with Crippen molar-refractivity contribution in [2.45, 2.75) is 129 Å². The predicted octanol–water partition coefficient (Wildman–Crippen LogP) is 6.86. The van der Waals surface area contributed by atoms with Gasteiger partial charge in [0.25, 0.3) is 0 Å². The van der Waals surface area contributed by atoms with E-state index in [2.05, 4.69) is 83.3 Å². The number of carbonyl (C=O) groups is 1. The van der Waals surface area contributed by atoms with Crippen LogP contribution in [0.25, 0.3) is 0 Å². The summed E-state index contributed by atoms with van der Waals surface area (Å²) in [5.41, 5.74) is 6.66. The van der Waals surface area contributed by atoms with Crippen molar-refractivity contribution in [2.24, 2.45) is 17.6 Å². The van der Waals surface area contributed by atoms with Crippen molar-refractivity contribution in [1.29, 1.82) is 0 Å². The molecule has 0 aromatic heterocycles. The van der Waals surface area contributed by atoms with Crippen molar-refractivity contribution in [2.75, 3.05) is 14.2 Å². The standard InChI is InChI=1S/C27H54INO5Si/c1-12-21(34-35(10,11)27(5,6)7)18-24(31-8)22(29)14-15-23(33-25(30)13-2)20(4)26(32-9)19(3)16-17-28/h16-17,19-24,26H,12-15,18,29H2,1-11H3/b17-16+/t19-,20+,21-,22+,23-,24+,26?/m1/s1. The maximum Gasteiger partial charge on any atom is 0.305 e. The number of carbonyl (C=O) groups excluding carboxylic acids is 1. The zero-order chi connectivity index (χ0) is 27.4. The third-order valence-electron chi connectivity index (χ3n) is 7.63. The van der Waals surface area contributed by atoms with E-state index < -0.39 is 8.32 Å². The Morgan fingerprint density at radius 1 is 1.06 bits per heavy atom. The SMILES string of the molecule is CCC(=O)O[C@H](CC[C@H](N)[C@H](C[C@@H](CC)O[Si](C)(C)C(C)(C)C)OC)[C@H](C)C(OC)[C@H](C)/C=C/I. The van der Waals surface area contributed by atoms with E-state index in [1.54, 1.807) is 14.2 Å². The minimum atomic E-state index is -1.89. The molecular weight excluding hydrogens is 573 g/mol. The highest BCUT2D eigenvalue weighted by atomic mass is 127. The Labute approximate surface area is 230 Å². The van der Waals surface area contributed by atoms with Gasteiger partial charge in [0.2, 0.25) is 0 Å². The lowest BCUT2D eigenvalue weighted by atomic mass is 9.86. The summed E-state index contributed by atoms with van der Waals surface area (Å²) in [4.78, 5) is 12.2. The van der Waals surface area contributed by atoms with Crippen LogP contribution in [0.2, 0.25) is 18.1 Å². The zero-order valence-corrected chi connectivity index (χ0v) is 27.4. The van der Waals surface area contributed by atoms with Crippen LogP contribution in [0, 0.1) is 11.8 Å². The van der Waals surface area contributed by atoms with Crippen molar-refractivity contribution in [1.82, 2.24) is 0 Å². The van der Waals surface area contributed by atoms with Crippen LogP contribution in [-0.2, 0) is 23.4 Å². The van der Waals surface area contributed by atoms with Crippen LogP contribution < -0.4 is 5.73 Å². The summed E-state index contributed by atoms with van der Waals surface area (Å²) >= 11 is 2.22. The average Bonchev–Trinajstić information content (AvgIpc) is 2.78. The van der Waals surface area contributed by atoms with Gasteiger partial charge in [-0.2, -0.15) is 0 Å². The van der Waals surface area contributed by atoms with Gasteiger partial charge < -0.3 is 24.4 Å². The molecule has 0 aliphatic heterocycles. The van der Waals surface area contributed by atoms with Crippen molar-refractivity contribution in [3.05, 3.63) is 10.2 Å². The van der Waals surface area contributed by atoms with Crippen LogP contribution in [0.5, 0.6) is 0 Å². The fraction of sp³-hybridized carbons (Fsp3) is 0.889. The normalized spacial score (nSPS) is 19.1. The minimum Gasteiger partial charge on any atom is -0.462 e. The van der Waals surface area contributed by atoms with Crippen molar-refractivity contribution in [3.63, 3.8) is 0 Å². The summed E-state index contributed by atoms with van der Waals surface area (Å²) in [6.07, 6.45) is 5.14. The molecule has 0 fully saturated rings. The number of esters is 1. The van der Waals surface area contributed by atoms with Crippen LogP contribution in [0.3, 0.4) is 0 Å². The average molecular weight is 628 g/mol. The highest BCUT2D eigenvalue weighted by molar-refractivity contribution is 14.1. The first-order chi connectivity index (χ1) is 16.2. The number of halogens is 1. The molecule has 0 saturated heterocycles. The second-order valence-corrected chi connectivity index (χ2v) is 16.8. The molecule has 0 saturated carbocycles. The van der Waals surface area contributed by atoms with E-state index in [4.69, 9.17) is 24.4 Å². The van der Waals surface area contributed by atoms with Gasteiger partial charge >= 0.3 is 5.97 Å². The van der Waals surface area contributed by atoms with Gasteiger partial charge in [0.15, 0.2) is 8.32 Å². The molecule has 8 heteroatoms. The number of ether oxygens (including phenoxy) is 3. The zero-order valence-electron chi connectivity index (χ0n) is 24.2. The Balaban J connectivity index is 5.41. The van der Waals surface area contributed by atoms with E-state index in [0.717, 1.165) is 12.8 Å². The summed E-state index contributed by atoms with van der Waals surface area (Å²) in [6, 6.07) is -0.181. The molecule has 0 aliphatic carbocycles. The molecule has 0 spiro atoms. The van der Waals surface area contributed by atoms with Gasteiger partial charge in [-0.3, -0.25) is 4.79 Å². The van der Waals surface area contributed by atoms with Crippen molar-refractivity contribution >= 4 is 36.9 Å². The largest absolute Gasteiger partial charge is 0.462 e. The molecule has 0 aromatic carbocycles. The molecule has 35 heavy (non-hydrogen) atoms. The maximum absolute atomic E-state index is 12.2. The molecule has 7 atom stereocenters. The fourth-order valence-electron chi connectivity index (χ4n) is 4.16. The molecule has 0 rings (SSSR count). The highest BCUT2D eigenvalue weighted by Crippen LogP contribution is 2.38. The van der Waals surface area contributed by atoms with Crippen molar-refractivity contribution in [3.8, 4) is 0 Å². The van der Waals surface area contributed by atoms with Crippen LogP contribution in [0.1, 0.15) is 80.6 Å². The topological polar surface area (TPSA) is 80.0 Å². The van der Waals surface area contributed by atoms with E-state index in [-0.39, 0.29) is 53.3 Å². The number of methoxy groups -OCH3 is 2. The van der Waals surface area contributed by atoms with Crippen molar-refractivity contribution < 1.29 is 23.4 Å². The lowest BCUT2D eigenvalue weighted by Gasteiger charge is -2.40. The molecule has 1 unspecified atom stereocenters. The Kier molecular flexibility index (Phi) is 16.8. The lowest BCUT2D eigenvalue weighted by Crippen LogP contribution is -2.46. The van der Waals surface area contributed by atoms with Gasteiger partial charge in [-0.15, -0.1) is 0 Å². The van der Waals surface area contributed by atoms with E-state index in [1.165, 1.54) is 0 Å². The summed E-state index contributed by atoms with van der Waals surface area (Å²) in [5, 5.41) is 0.152. The molecule has 0 bridgehead atoms. The fourth-order valence-corrected chi connectivity index (χ4v) is 6.27. The second kappa shape index (κ2) is 16.8. The maximum atomic E-state index is 12.2. The summed E-state index contributed by atoms with van der Waals surface area (Å²) in [7, 11) is 1.56. The molecule has 2 N–H and O–H groups in total. The van der Waals surface area contributed by atoms with Gasteiger partial charge in [0, 0.05) is 51.0 Å². The van der Waals surface area contributed by atoms with Crippen LogP contribution >= 0.6 is 22.6 Å². The van der Waals surface area contributed by atoms with E-state index in [9.17, 15) is 4.79 Å². The monoisotopic (exact) mass is 627 g/mol. The first kappa shape index (κ1) is 35.0. The first-order valence-corrected chi connectivity index (χ1v) is 17.3. The third-order valence-corrected chi connectivity index (χ3v) is 12.6. The molecular formula is C27H54INO5Si. The second-order valence-electron chi connectivity index (χ2n) is 11.3. The van der Waals surface area contributed by atoms with E-state index >= 15 is 0 Å². The van der Waals surface area contributed by atoms with Gasteiger partial charge in [-0.1, -0.05) is 77.1 Å². The number of hydrogen-bond acceptors (Lipinski definition) is 6. The van der Waals surface area contributed by atoms with Crippen LogP contribution in [0.4, 0.5) is 0 Å². The highest BCUT2D eigenvalue weighted by Gasteiger charge is 2.39. The number of rotatable bonds is 17. The summed E-state index contributed by atoms with van der Waals surface area (Å²) in [6.45, 7) is 19.5. The Morgan fingerprint density at radius 2 is 1.66 bits per heavy atom.